The zero-order valence-electron chi connectivity index (χ0n) is 21.5. The average Bonchev–Trinajstić information content (AvgIpc) is 3.16. The predicted octanol–water partition coefficient (Wildman–Crippen LogP) is 5.82. The molecule has 7 heteroatoms. The van der Waals surface area contributed by atoms with Crippen LogP contribution in [0.1, 0.15) is 43.5 Å². The molecule has 4 rings (SSSR count). The average molecular weight is 502 g/mol. The van der Waals surface area contributed by atoms with Gasteiger partial charge in [-0.05, 0) is 93.4 Å². The summed E-state index contributed by atoms with van der Waals surface area (Å²) in [5.74, 6) is 0.223. The van der Waals surface area contributed by atoms with Gasteiger partial charge in [-0.25, -0.2) is 0 Å². The summed E-state index contributed by atoms with van der Waals surface area (Å²) in [5, 5.41) is 11.4. The summed E-state index contributed by atoms with van der Waals surface area (Å²) in [6, 6.07) is 18.5. The number of Topliss-reactive ketones (excluding diaryl/α,β-unsaturated/α-hetero) is 1. The molecule has 0 saturated carbocycles. The first-order chi connectivity index (χ1) is 17.9. The second-order valence-electron chi connectivity index (χ2n) is 8.51. The van der Waals surface area contributed by atoms with Crippen molar-refractivity contribution in [3.05, 3.63) is 89.0 Å². The first-order valence-corrected chi connectivity index (χ1v) is 12.4. The molecule has 1 saturated heterocycles. The number of benzene rings is 3. The van der Waals surface area contributed by atoms with Gasteiger partial charge in [0.25, 0.3) is 11.7 Å². The van der Waals surface area contributed by atoms with Crippen molar-refractivity contribution < 1.29 is 28.9 Å². The number of hydrogen-bond donors (Lipinski definition) is 1. The van der Waals surface area contributed by atoms with E-state index in [2.05, 4.69) is 0 Å². The molecule has 0 spiro atoms. The lowest BCUT2D eigenvalue weighted by atomic mass is 9.94. The molecular formula is C30H31NO6. The van der Waals surface area contributed by atoms with Gasteiger partial charge < -0.3 is 19.3 Å². The number of anilines is 1. The van der Waals surface area contributed by atoms with Gasteiger partial charge >= 0.3 is 0 Å². The predicted molar refractivity (Wildman–Crippen MR) is 142 cm³/mol. The molecule has 0 radical (unpaired) electrons. The Labute approximate surface area is 216 Å². The minimum absolute atomic E-state index is 0.0103. The monoisotopic (exact) mass is 501 g/mol. The summed E-state index contributed by atoms with van der Waals surface area (Å²) >= 11 is 0. The van der Waals surface area contributed by atoms with Gasteiger partial charge in [0.1, 0.15) is 23.0 Å². The first-order valence-electron chi connectivity index (χ1n) is 12.4. The van der Waals surface area contributed by atoms with Crippen LogP contribution in [0, 0.1) is 6.92 Å². The van der Waals surface area contributed by atoms with Crippen molar-refractivity contribution in [2.45, 2.75) is 33.7 Å². The van der Waals surface area contributed by atoms with Gasteiger partial charge in [-0.1, -0.05) is 12.1 Å². The zero-order chi connectivity index (χ0) is 26.5. The third-order valence-electron chi connectivity index (χ3n) is 6.10. The van der Waals surface area contributed by atoms with Gasteiger partial charge in [0.2, 0.25) is 0 Å². The van der Waals surface area contributed by atoms with Gasteiger partial charge in [0.05, 0.1) is 31.4 Å². The van der Waals surface area contributed by atoms with E-state index in [-0.39, 0.29) is 11.3 Å². The topological polar surface area (TPSA) is 85.3 Å². The van der Waals surface area contributed by atoms with Gasteiger partial charge in [-0.2, -0.15) is 0 Å². The minimum Gasteiger partial charge on any atom is -0.507 e. The third kappa shape index (κ3) is 5.16. The van der Waals surface area contributed by atoms with Crippen LogP contribution in [0.2, 0.25) is 0 Å². The van der Waals surface area contributed by atoms with Crippen LogP contribution in [0.15, 0.2) is 72.3 Å². The van der Waals surface area contributed by atoms with Gasteiger partial charge in [0, 0.05) is 11.3 Å². The summed E-state index contributed by atoms with van der Waals surface area (Å²) in [6.07, 6.45) is 0. The number of nitrogens with zero attached hydrogens (tertiary/aromatic N) is 1. The van der Waals surface area contributed by atoms with E-state index in [1.165, 1.54) is 4.90 Å². The summed E-state index contributed by atoms with van der Waals surface area (Å²) in [5.41, 5.74) is 2.40. The lowest BCUT2D eigenvalue weighted by molar-refractivity contribution is -0.132. The summed E-state index contributed by atoms with van der Waals surface area (Å²) < 4.78 is 16.8. The maximum atomic E-state index is 13.4. The smallest absolute Gasteiger partial charge is 0.300 e. The Morgan fingerprint density at radius 1 is 0.838 bits per heavy atom. The maximum Gasteiger partial charge on any atom is 0.300 e. The van der Waals surface area contributed by atoms with Crippen LogP contribution in [0.5, 0.6) is 17.2 Å². The molecule has 1 N–H and O–H groups in total. The van der Waals surface area contributed by atoms with Crippen LogP contribution in [0.4, 0.5) is 5.69 Å². The second-order valence-corrected chi connectivity index (χ2v) is 8.51. The highest BCUT2D eigenvalue weighted by atomic mass is 16.5. The van der Waals surface area contributed by atoms with Crippen molar-refractivity contribution in [3.63, 3.8) is 0 Å². The Balaban J connectivity index is 1.88. The zero-order valence-corrected chi connectivity index (χ0v) is 21.5. The number of aryl methyl sites for hydroxylation is 1. The normalized spacial score (nSPS) is 16.6. The van der Waals surface area contributed by atoms with Crippen LogP contribution in [0.3, 0.4) is 0 Å². The van der Waals surface area contributed by atoms with E-state index in [9.17, 15) is 14.7 Å². The van der Waals surface area contributed by atoms with Gasteiger partial charge in [-0.15, -0.1) is 0 Å². The van der Waals surface area contributed by atoms with Crippen molar-refractivity contribution in [3.8, 4) is 17.2 Å². The molecular weight excluding hydrogens is 470 g/mol. The van der Waals surface area contributed by atoms with Crippen molar-refractivity contribution in [1.82, 2.24) is 0 Å². The second kappa shape index (κ2) is 11.2. The first kappa shape index (κ1) is 25.8. The van der Waals surface area contributed by atoms with Crippen molar-refractivity contribution in [2.24, 2.45) is 0 Å². The Hall–Kier alpha value is -4.26. The van der Waals surface area contributed by atoms with Gasteiger partial charge in [0.15, 0.2) is 0 Å². The van der Waals surface area contributed by atoms with E-state index >= 15 is 0 Å². The number of amides is 1. The van der Waals surface area contributed by atoms with E-state index < -0.39 is 17.7 Å². The van der Waals surface area contributed by atoms with Crippen LogP contribution in [0.25, 0.3) is 5.76 Å². The van der Waals surface area contributed by atoms with Crippen molar-refractivity contribution in [2.75, 3.05) is 24.7 Å². The number of rotatable bonds is 9. The molecule has 3 aromatic rings. The van der Waals surface area contributed by atoms with Gasteiger partial charge in [-0.3, -0.25) is 14.5 Å². The van der Waals surface area contributed by atoms with E-state index in [1.54, 1.807) is 54.6 Å². The van der Waals surface area contributed by atoms with E-state index in [0.29, 0.717) is 53.9 Å². The summed E-state index contributed by atoms with van der Waals surface area (Å²) in [7, 11) is 0. The van der Waals surface area contributed by atoms with E-state index in [4.69, 9.17) is 14.2 Å². The van der Waals surface area contributed by atoms with Crippen LogP contribution in [-0.2, 0) is 9.59 Å². The molecule has 0 bridgehead atoms. The fourth-order valence-electron chi connectivity index (χ4n) is 4.49. The van der Waals surface area contributed by atoms with E-state index in [0.717, 1.165) is 5.56 Å². The molecule has 1 atom stereocenters. The Morgan fingerprint density at radius 3 is 2.16 bits per heavy atom. The number of aliphatic hydroxyl groups is 1. The lowest BCUT2D eigenvalue weighted by Crippen LogP contribution is -2.29. The SMILES string of the molecule is CCOc1ccc(N2C(=O)C(=O)/C(=C(/O)c3ccc(OCC)c(C)c3)C2c2cccc(OCC)c2)cc1. The molecule has 1 unspecified atom stereocenters. The third-order valence-corrected chi connectivity index (χ3v) is 6.10. The van der Waals surface area contributed by atoms with Crippen molar-refractivity contribution in [1.29, 1.82) is 0 Å². The molecule has 3 aromatic carbocycles. The Morgan fingerprint density at radius 2 is 1.51 bits per heavy atom. The molecule has 37 heavy (non-hydrogen) atoms. The van der Waals surface area contributed by atoms with E-state index in [1.807, 2.05) is 39.8 Å². The number of carbonyl (C=O) groups excluding carboxylic acids is 2. The molecule has 0 aliphatic carbocycles. The van der Waals surface area contributed by atoms with Crippen LogP contribution < -0.4 is 19.1 Å². The maximum absolute atomic E-state index is 13.4. The number of hydrogen-bond acceptors (Lipinski definition) is 6. The molecule has 192 valence electrons. The fraction of sp³-hybridized carbons (Fsp3) is 0.267. The quantitative estimate of drug-likeness (QED) is 0.226. The molecule has 1 aliphatic rings. The molecule has 0 aromatic heterocycles. The highest BCUT2D eigenvalue weighted by molar-refractivity contribution is 6.51. The highest BCUT2D eigenvalue weighted by Gasteiger charge is 2.47. The fourth-order valence-corrected chi connectivity index (χ4v) is 4.49. The summed E-state index contributed by atoms with van der Waals surface area (Å²) in [6.45, 7) is 9.02. The highest BCUT2D eigenvalue weighted by Crippen LogP contribution is 2.43. The molecule has 1 heterocycles. The Kier molecular flexibility index (Phi) is 7.82. The number of aliphatic hydroxyl groups excluding tert-OH is 1. The molecule has 1 fully saturated rings. The number of carbonyl (C=O) groups is 2. The molecule has 1 amide bonds. The van der Waals surface area contributed by atoms with Crippen LogP contribution in [-0.4, -0.2) is 36.6 Å². The summed E-state index contributed by atoms with van der Waals surface area (Å²) in [4.78, 5) is 28.3. The standard InChI is InChI=1S/C30H31NO6/c1-5-35-23-14-12-22(13-15-23)31-27(20-9-8-10-24(18-20)36-6-2)26(29(33)30(31)34)28(32)21-11-16-25(37-7-3)19(4)17-21/h8-18,27,32H,5-7H2,1-4H3/b28-26+. The number of ether oxygens (including phenoxy) is 3. The largest absolute Gasteiger partial charge is 0.507 e. The van der Waals surface area contributed by atoms with Crippen molar-refractivity contribution >= 4 is 23.1 Å². The minimum atomic E-state index is -0.856. The number of ketones is 1. The molecule has 7 nitrogen and oxygen atoms in total. The lowest BCUT2D eigenvalue weighted by Gasteiger charge is -2.26. The Bertz CT molecular complexity index is 1330. The van der Waals surface area contributed by atoms with Crippen LogP contribution >= 0.6 is 0 Å². The molecule has 1 aliphatic heterocycles.